The van der Waals surface area contributed by atoms with Gasteiger partial charge in [0, 0.05) is 76.6 Å². The second kappa shape index (κ2) is 13.1. The number of rotatable bonds is 4. The molecule has 0 fully saturated rings. The average Bonchev–Trinajstić information content (AvgIpc) is 4.17. The maximum atomic E-state index is 2.53. The van der Waals surface area contributed by atoms with E-state index in [1.54, 1.807) is 0 Å². The number of para-hydroxylation sites is 6. The molecular formula is C60H36N4S. The topological polar surface area (TPSA) is 19.7 Å². The summed E-state index contributed by atoms with van der Waals surface area (Å²) in [7, 11) is 0. The van der Waals surface area contributed by atoms with Crippen LogP contribution in [0.5, 0.6) is 0 Å². The van der Waals surface area contributed by atoms with Crippen molar-refractivity contribution in [3.05, 3.63) is 218 Å². The molecule has 65 heavy (non-hydrogen) atoms. The normalized spacial score (nSPS) is 12.3. The van der Waals surface area contributed by atoms with Gasteiger partial charge in [-0.25, -0.2) is 0 Å². The predicted molar refractivity (Wildman–Crippen MR) is 277 cm³/mol. The molecule has 5 heterocycles. The van der Waals surface area contributed by atoms with Crippen molar-refractivity contribution in [2.45, 2.75) is 0 Å². The maximum Gasteiger partial charge on any atom is 0.0719 e. The highest BCUT2D eigenvalue weighted by Gasteiger charge is 2.23. The number of thiophene rings is 1. The van der Waals surface area contributed by atoms with Crippen molar-refractivity contribution in [3.8, 4) is 22.7 Å². The van der Waals surface area contributed by atoms with Crippen molar-refractivity contribution in [1.29, 1.82) is 0 Å². The molecule has 0 aliphatic rings. The molecule has 0 atom stereocenters. The van der Waals surface area contributed by atoms with E-state index in [1.165, 1.54) is 107 Å². The maximum absolute atomic E-state index is 2.53. The van der Waals surface area contributed by atoms with Gasteiger partial charge in [0.05, 0.1) is 53.5 Å². The van der Waals surface area contributed by atoms with Gasteiger partial charge in [0.15, 0.2) is 0 Å². The summed E-state index contributed by atoms with van der Waals surface area (Å²) >= 11 is 1.93. The van der Waals surface area contributed by atoms with Gasteiger partial charge >= 0.3 is 0 Å². The second-order valence-electron chi connectivity index (χ2n) is 17.3. The highest BCUT2D eigenvalue weighted by atomic mass is 32.1. The third-order valence-electron chi connectivity index (χ3n) is 13.9. The highest BCUT2D eigenvalue weighted by Crippen LogP contribution is 2.48. The van der Waals surface area contributed by atoms with Gasteiger partial charge in [-0.1, -0.05) is 133 Å². The van der Waals surface area contributed by atoms with Gasteiger partial charge in [-0.2, -0.15) is 0 Å². The van der Waals surface area contributed by atoms with Crippen molar-refractivity contribution in [2.24, 2.45) is 0 Å². The Morgan fingerprint density at radius 2 is 0.538 bits per heavy atom. The van der Waals surface area contributed by atoms with Gasteiger partial charge in [0.1, 0.15) is 0 Å². The molecule has 0 spiro atoms. The van der Waals surface area contributed by atoms with E-state index in [4.69, 9.17) is 0 Å². The molecule has 0 amide bonds. The monoisotopic (exact) mass is 844 g/mol. The first-order valence-corrected chi connectivity index (χ1v) is 23.1. The van der Waals surface area contributed by atoms with E-state index in [0.29, 0.717) is 0 Å². The molecule has 15 rings (SSSR count). The molecule has 0 unspecified atom stereocenters. The number of benzene rings is 10. The summed E-state index contributed by atoms with van der Waals surface area (Å²) in [5.41, 5.74) is 14.4. The summed E-state index contributed by atoms with van der Waals surface area (Å²) in [4.78, 5) is 0. The molecule has 15 aromatic rings. The first-order chi connectivity index (χ1) is 32.3. The number of hydrogen-bond acceptors (Lipinski definition) is 1. The SMILES string of the molecule is c1ccc(-n2c3ccccc3c3cc(-n4c5ccccc5c5ccc6c7ccc8c9ccccc9n(-c9ccc%10c(c9)c9ccccc9n%10-c9ccccc9)c8c7sc6c54)ccc32)cc1. The van der Waals surface area contributed by atoms with E-state index >= 15 is 0 Å². The fraction of sp³-hybridized carbons (Fsp3) is 0. The number of nitrogens with zero attached hydrogens (tertiary/aromatic N) is 4. The predicted octanol–water partition coefficient (Wildman–Crippen LogP) is 16.4. The third kappa shape index (κ3) is 4.74. The fourth-order valence-corrected chi connectivity index (χ4v) is 12.6. The summed E-state index contributed by atoms with van der Waals surface area (Å²) in [6, 6.07) is 80.5. The lowest BCUT2D eigenvalue weighted by Crippen LogP contribution is -1.95. The quantitative estimate of drug-likeness (QED) is 0.168. The van der Waals surface area contributed by atoms with E-state index in [2.05, 4.69) is 237 Å². The molecule has 10 aromatic carbocycles. The Labute approximate surface area is 376 Å². The van der Waals surface area contributed by atoms with E-state index in [9.17, 15) is 0 Å². The number of aromatic nitrogens is 4. The second-order valence-corrected chi connectivity index (χ2v) is 18.3. The highest BCUT2D eigenvalue weighted by molar-refractivity contribution is 7.27. The van der Waals surface area contributed by atoms with Gasteiger partial charge in [-0.15, -0.1) is 11.3 Å². The lowest BCUT2D eigenvalue weighted by atomic mass is 10.1. The minimum atomic E-state index is 1.16. The number of hydrogen-bond donors (Lipinski definition) is 0. The van der Waals surface area contributed by atoms with Crippen LogP contribution >= 0.6 is 11.3 Å². The zero-order chi connectivity index (χ0) is 42.3. The molecule has 0 aliphatic carbocycles. The van der Waals surface area contributed by atoms with Crippen LogP contribution in [0.3, 0.4) is 0 Å². The standard InChI is InChI=1S/C60H36N4S/c1-3-15-37(16-4-1)61-51-23-11-9-21-43(51)49-35-39(27-33-55(49)61)63-53-25-13-7-19-41(53)45-29-31-47-48-32-30-46-42-20-8-14-26-54(42)64(58(46)60(48)65-59(47)57(45)63)40-28-34-56-50(36-40)44-22-10-12-24-52(44)62(56)38-17-5-2-6-18-38/h1-36H. The molecule has 5 heteroatoms. The lowest BCUT2D eigenvalue weighted by Gasteiger charge is -2.11. The Bertz CT molecular complexity index is 4180. The minimum absolute atomic E-state index is 1.16. The van der Waals surface area contributed by atoms with Gasteiger partial charge in [0.2, 0.25) is 0 Å². The minimum Gasteiger partial charge on any atom is -0.309 e. The first-order valence-electron chi connectivity index (χ1n) is 22.3. The molecule has 302 valence electrons. The summed E-state index contributed by atoms with van der Waals surface area (Å²) in [5, 5.41) is 12.6. The molecule has 4 nitrogen and oxygen atoms in total. The van der Waals surface area contributed by atoms with Gasteiger partial charge < -0.3 is 18.3 Å². The van der Waals surface area contributed by atoms with Crippen LogP contribution in [0.15, 0.2) is 218 Å². The van der Waals surface area contributed by atoms with Crippen molar-refractivity contribution < 1.29 is 0 Å². The molecule has 0 saturated heterocycles. The summed E-state index contributed by atoms with van der Waals surface area (Å²) in [6.07, 6.45) is 0. The third-order valence-corrected chi connectivity index (χ3v) is 15.2. The van der Waals surface area contributed by atoms with E-state index < -0.39 is 0 Å². The Balaban J connectivity index is 1.02. The zero-order valence-electron chi connectivity index (χ0n) is 35.0. The van der Waals surface area contributed by atoms with Crippen LogP contribution < -0.4 is 0 Å². The summed E-state index contributed by atoms with van der Waals surface area (Å²) in [6.45, 7) is 0. The van der Waals surface area contributed by atoms with Gasteiger partial charge in [-0.05, 0) is 84.9 Å². The van der Waals surface area contributed by atoms with Crippen LogP contribution in [0, 0.1) is 0 Å². The molecule has 0 radical (unpaired) electrons. The number of fused-ring (bicyclic) bond motifs is 17. The lowest BCUT2D eigenvalue weighted by molar-refractivity contribution is 1.17. The summed E-state index contributed by atoms with van der Waals surface area (Å²) < 4.78 is 12.4. The molecule has 0 N–H and O–H groups in total. The van der Waals surface area contributed by atoms with Crippen molar-refractivity contribution in [3.63, 3.8) is 0 Å². The first kappa shape index (κ1) is 35.1. The molecule has 0 aliphatic heterocycles. The van der Waals surface area contributed by atoms with Crippen LogP contribution in [0.25, 0.3) is 130 Å². The Hall–Kier alpha value is -8.38. The van der Waals surface area contributed by atoms with Crippen LogP contribution in [0.4, 0.5) is 0 Å². The van der Waals surface area contributed by atoms with Crippen LogP contribution in [0.1, 0.15) is 0 Å². The molecule has 5 aromatic heterocycles. The molecule has 0 saturated carbocycles. The smallest absolute Gasteiger partial charge is 0.0719 e. The fourth-order valence-electron chi connectivity index (χ4n) is 11.2. The Kier molecular flexibility index (Phi) is 7.07. The Morgan fingerprint density at radius 3 is 0.954 bits per heavy atom. The Morgan fingerprint density at radius 1 is 0.215 bits per heavy atom. The van der Waals surface area contributed by atoms with E-state index in [-0.39, 0.29) is 0 Å². The van der Waals surface area contributed by atoms with Crippen LogP contribution in [-0.4, -0.2) is 18.3 Å². The van der Waals surface area contributed by atoms with Crippen molar-refractivity contribution in [1.82, 2.24) is 18.3 Å². The van der Waals surface area contributed by atoms with Crippen molar-refractivity contribution >= 4 is 119 Å². The van der Waals surface area contributed by atoms with Crippen LogP contribution in [-0.2, 0) is 0 Å². The average molecular weight is 845 g/mol. The molecular weight excluding hydrogens is 809 g/mol. The van der Waals surface area contributed by atoms with Crippen molar-refractivity contribution in [2.75, 3.05) is 0 Å². The van der Waals surface area contributed by atoms with E-state index in [1.807, 2.05) is 11.3 Å². The van der Waals surface area contributed by atoms with E-state index in [0.717, 1.165) is 22.7 Å². The molecule has 0 bridgehead atoms. The van der Waals surface area contributed by atoms with Gasteiger partial charge in [-0.3, -0.25) is 0 Å². The van der Waals surface area contributed by atoms with Gasteiger partial charge in [0.25, 0.3) is 0 Å². The summed E-state index contributed by atoms with van der Waals surface area (Å²) in [5.74, 6) is 0. The zero-order valence-corrected chi connectivity index (χ0v) is 35.8. The van der Waals surface area contributed by atoms with Crippen LogP contribution in [0.2, 0.25) is 0 Å². The largest absolute Gasteiger partial charge is 0.309 e.